The van der Waals surface area contributed by atoms with Crippen LogP contribution < -0.4 is 17.0 Å². The summed E-state index contributed by atoms with van der Waals surface area (Å²) in [7, 11) is 0. The van der Waals surface area contributed by atoms with Crippen molar-refractivity contribution in [3.05, 3.63) is 16.7 Å². The van der Waals surface area contributed by atoms with E-state index in [0.29, 0.717) is 0 Å². The molecule has 0 fully saturated rings. The van der Waals surface area contributed by atoms with Crippen molar-refractivity contribution >= 4 is 23.1 Å². The molecule has 138 valence electrons. The Labute approximate surface area is 142 Å². The highest BCUT2D eigenvalue weighted by molar-refractivity contribution is 5.74. The number of hydrogen-bond acceptors (Lipinski definition) is 8. The van der Waals surface area contributed by atoms with Crippen LogP contribution in [0.3, 0.4) is 0 Å². The SMILES string of the molecule is CC(C)[C@H]([NH3+])C(=O)OCC(CO)OCn1cnc2c(=O)[nH]c(N)nc21. The molecule has 0 radical (unpaired) electrons. The first kappa shape index (κ1) is 18.8. The van der Waals surface area contributed by atoms with Crippen molar-refractivity contribution in [1.82, 2.24) is 19.5 Å². The van der Waals surface area contributed by atoms with Gasteiger partial charge < -0.3 is 26.0 Å². The molecule has 2 heterocycles. The number of ether oxygens (including phenoxy) is 2. The van der Waals surface area contributed by atoms with E-state index in [9.17, 15) is 14.7 Å². The molecule has 2 aromatic heterocycles. The molecule has 11 nitrogen and oxygen atoms in total. The van der Waals surface area contributed by atoms with E-state index in [1.54, 1.807) is 0 Å². The molecule has 11 heteroatoms. The molecule has 0 saturated heterocycles. The van der Waals surface area contributed by atoms with Crippen molar-refractivity contribution in [1.29, 1.82) is 0 Å². The number of carbonyl (C=O) groups is 1. The fraction of sp³-hybridized carbons (Fsp3) is 0.571. The predicted molar refractivity (Wildman–Crippen MR) is 87.0 cm³/mol. The summed E-state index contributed by atoms with van der Waals surface area (Å²) in [5, 5.41) is 9.37. The summed E-state index contributed by atoms with van der Waals surface area (Å²) in [6.45, 7) is 3.22. The lowest BCUT2D eigenvalue weighted by Gasteiger charge is -2.17. The molecule has 0 aliphatic heterocycles. The number of aromatic nitrogens is 4. The summed E-state index contributed by atoms with van der Waals surface area (Å²) in [4.78, 5) is 33.8. The topological polar surface area (TPSA) is 173 Å². The lowest BCUT2D eigenvalue weighted by molar-refractivity contribution is -0.418. The van der Waals surface area contributed by atoms with E-state index in [1.807, 2.05) is 13.8 Å². The Balaban J connectivity index is 1.97. The van der Waals surface area contributed by atoms with Gasteiger partial charge in [0.25, 0.3) is 5.56 Å². The molecule has 0 saturated carbocycles. The van der Waals surface area contributed by atoms with Gasteiger partial charge in [-0.3, -0.25) is 14.3 Å². The van der Waals surface area contributed by atoms with Crippen LogP contribution >= 0.6 is 0 Å². The summed E-state index contributed by atoms with van der Waals surface area (Å²) in [6.07, 6.45) is 0.637. The number of nitrogens with zero attached hydrogens (tertiary/aromatic N) is 3. The fourth-order valence-electron chi connectivity index (χ4n) is 1.96. The molecule has 0 amide bonds. The van der Waals surface area contributed by atoms with Crippen molar-refractivity contribution in [2.24, 2.45) is 5.92 Å². The first-order valence-corrected chi connectivity index (χ1v) is 7.76. The Kier molecular flexibility index (Phi) is 6.07. The number of anilines is 1. The number of fused-ring (bicyclic) bond motifs is 1. The van der Waals surface area contributed by atoms with Gasteiger partial charge in [-0.2, -0.15) is 4.98 Å². The van der Waals surface area contributed by atoms with Crippen molar-refractivity contribution in [2.75, 3.05) is 18.9 Å². The summed E-state index contributed by atoms with van der Waals surface area (Å²) in [5.41, 5.74) is 9.18. The first-order chi connectivity index (χ1) is 11.8. The molecule has 0 spiro atoms. The normalized spacial score (nSPS) is 14.0. The van der Waals surface area contributed by atoms with Crippen molar-refractivity contribution in [2.45, 2.75) is 32.7 Å². The molecule has 2 atom stereocenters. The highest BCUT2D eigenvalue weighted by Gasteiger charge is 2.24. The molecule has 0 aromatic carbocycles. The number of carbonyl (C=O) groups excluding carboxylic acids is 1. The molecule has 2 aromatic rings. The zero-order valence-corrected chi connectivity index (χ0v) is 14.1. The maximum Gasteiger partial charge on any atom is 0.365 e. The smallest absolute Gasteiger partial charge is 0.365 e. The first-order valence-electron chi connectivity index (χ1n) is 7.76. The average molecular weight is 355 g/mol. The monoisotopic (exact) mass is 355 g/mol. The lowest BCUT2D eigenvalue weighted by Crippen LogP contribution is -2.67. The third-order valence-corrected chi connectivity index (χ3v) is 3.67. The largest absolute Gasteiger partial charge is 0.458 e. The number of H-pyrrole nitrogens is 1. The Hall–Kier alpha value is -2.50. The summed E-state index contributed by atoms with van der Waals surface area (Å²) in [5.74, 6) is -0.443. The maximum atomic E-state index is 11.8. The molecule has 25 heavy (non-hydrogen) atoms. The van der Waals surface area contributed by atoms with E-state index in [2.05, 4.69) is 20.7 Å². The summed E-state index contributed by atoms with van der Waals surface area (Å²) in [6, 6.07) is -0.490. The molecule has 0 bridgehead atoms. The number of esters is 1. The number of aliphatic hydroxyl groups excluding tert-OH is 1. The van der Waals surface area contributed by atoms with E-state index >= 15 is 0 Å². The Morgan fingerprint density at radius 3 is 2.88 bits per heavy atom. The van der Waals surface area contributed by atoms with Gasteiger partial charge in [-0.05, 0) is 0 Å². The Morgan fingerprint density at radius 1 is 1.52 bits per heavy atom. The Bertz CT molecular complexity index is 786. The van der Waals surface area contributed by atoms with E-state index in [0.717, 1.165) is 0 Å². The second-order valence-corrected chi connectivity index (χ2v) is 5.92. The van der Waals surface area contributed by atoms with Gasteiger partial charge in [0.15, 0.2) is 17.2 Å². The van der Waals surface area contributed by atoms with Crippen molar-refractivity contribution in [3.63, 3.8) is 0 Å². The van der Waals surface area contributed by atoms with Crippen LogP contribution in [0.15, 0.2) is 11.1 Å². The van der Waals surface area contributed by atoms with Gasteiger partial charge in [0.1, 0.15) is 19.4 Å². The molecule has 2 rings (SSSR count). The minimum absolute atomic E-state index is 0.0398. The van der Waals surface area contributed by atoms with Crippen LogP contribution in [0, 0.1) is 5.92 Å². The van der Waals surface area contributed by atoms with Crippen LogP contribution in [-0.2, 0) is 21.0 Å². The number of imidazole rings is 1. The van der Waals surface area contributed by atoms with Gasteiger partial charge in [-0.25, -0.2) is 9.78 Å². The number of nitrogen functional groups attached to an aromatic ring is 1. The van der Waals surface area contributed by atoms with Gasteiger partial charge >= 0.3 is 5.97 Å². The zero-order chi connectivity index (χ0) is 18.6. The minimum Gasteiger partial charge on any atom is -0.458 e. The fourth-order valence-corrected chi connectivity index (χ4v) is 1.96. The maximum absolute atomic E-state index is 11.8. The van der Waals surface area contributed by atoms with Crippen LogP contribution in [0.5, 0.6) is 0 Å². The van der Waals surface area contributed by atoms with Crippen molar-refractivity contribution < 1.29 is 25.1 Å². The van der Waals surface area contributed by atoms with Crippen LogP contribution in [-0.4, -0.2) is 56.0 Å². The number of quaternary nitrogens is 1. The number of hydrogen-bond donors (Lipinski definition) is 4. The number of rotatable bonds is 8. The minimum atomic E-state index is -0.736. The predicted octanol–water partition coefficient (Wildman–Crippen LogP) is -2.15. The molecule has 7 N–H and O–H groups in total. The number of nitrogens with one attached hydrogen (secondary N) is 1. The number of aromatic amines is 1. The zero-order valence-electron chi connectivity index (χ0n) is 14.1. The second kappa shape index (κ2) is 8.05. The third kappa shape index (κ3) is 4.53. The van der Waals surface area contributed by atoms with Crippen LogP contribution in [0.2, 0.25) is 0 Å². The van der Waals surface area contributed by atoms with Gasteiger partial charge in [0.2, 0.25) is 5.95 Å². The van der Waals surface area contributed by atoms with E-state index in [1.165, 1.54) is 10.9 Å². The second-order valence-electron chi connectivity index (χ2n) is 5.92. The molecule has 1 unspecified atom stereocenters. The van der Waals surface area contributed by atoms with E-state index in [4.69, 9.17) is 15.2 Å². The van der Waals surface area contributed by atoms with E-state index < -0.39 is 23.7 Å². The molecule has 0 aliphatic rings. The van der Waals surface area contributed by atoms with Crippen LogP contribution in [0.1, 0.15) is 13.8 Å². The van der Waals surface area contributed by atoms with Crippen molar-refractivity contribution in [3.8, 4) is 0 Å². The third-order valence-electron chi connectivity index (χ3n) is 3.67. The highest BCUT2D eigenvalue weighted by atomic mass is 16.6. The van der Waals surface area contributed by atoms with Gasteiger partial charge in [0, 0.05) is 5.92 Å². The van der Waals surface area contributed by atoms with E-state index in [-0.39, 0.29) is 43.0 Å². The van der Waals surface area contributed by atoms with Gasteiger partial charge in [-0.1, -0.05) is 13.8 Å². The summed E-state index contributed by atoms with van der Waals surface area (Å²) < 4.78 is 12.1. The van der Waals surface area contributed by atoms with Gasteiger partial charge in [-0.15, -0.1) is 0 Å². The van der Waals surface area contributed by atoms with Gasteiger partial charge in [0.05, 0.1) is 12.9 Å². The highest BCUT2D eigenvalue weighted by Crippen LogP contribution is 2.08. The molecular formula is C14H23N6O5+. The van der Waals surface area contributed by atoms with Crippen LogP contribution in [0.25, 0.3) is 11.2 Å². The standard InChI is InChI=1S/C14H22N6O5/c1-7(2)9(15)13(23)24-4-8(3-21)25-6-20-5-17-10-11(20)18-14(16)19-12(10)22/h5,7-9,21H,3-4,6,15H2,1-2H3,(H3,16,18,19,22)/p+1/t8?,9-/m0/s1. The molecular weight excluding hydrogens is 332 g/mol. The summed E-state index contributed by atoms with van der Waals surface area (Å²) >= 11 is 0. The quantitative estimate of drug-likeness (QED) is 0.388. The average Bonchev–Trinajstić information content (AvgIpc) is 2.97. The molecule has 0 aliphatic carbocycles. The number of aliphatic hydroxyl groups is 1. The number of nitrogens with two attached hydrogens (primary N) is 1. The van der Waals surface area contributed by atoms with Crippen LogP contribution in [0.4, 0.5) is 5.95 Å². The lowest BCUT2D eigenvalue weighted by atomic mass is 10.1. The Morgan fingerprint density at radius 2 is 2.24 bits per heavy atom.